The number of carbonyl (C=O) groups excluding carboxylic acids is 3. The van der Waals surface area contributed by atoms with E-state index < -0.39 is 18.5 Å². The molecule has 1 N–H and O–H groups in total. The van der Waals surface area contributed by atoms with Gasteiger partial charge in [0, 0.05) is 5.56 Å². The number of hydrogen-bond acceptors (Lipinski definition) is 6. The van der Waals surface area contributed by atoms with E-state index in [1.165, 1.54) is 6.92 Å². The van der Waals surface area contributed by atoms with E-state index in [4.69, 9.17) is 14.2 Å². The molecule has 0 aliphatic heterocycles. The van der Waals surface area contributed by atoms with Gasteiger partial charge in [0.2, 0.25) is 0 Å². The van der Waals surface area contributed by atoms with Crippen molar-refractivity contribution in [1.29, 1.82) is 0 Å². The summed E-state index contributed by atoms with van der Waals surface area (Å²) < 4.78 is 15.1. The second kappa shape index (κ2) is 9.22. The number of methoxy groups -OCH3 is 1. The predicted octanol–water partition coefficient (Wildman–Crippen LogP) is 2.46. The van der Waals surface area contributed by atoms with Crippen molar-refractivity contribution in [3.05, 3.63) is 54.1 Å². The Kier molecular flexibility index (Phi) is 6.73. The highest BCUT2D eigenvalue weighted by Gasteiger charge is 2.12. The molecule has 0 unspecified atom stereocenters. The van der Waals surface area contributed by atoms with Crippen molar-refractivity contribution in [2.75, 3.05) is 25.6 Å². The van der Waals surface area contributed by atoms with Gasteiger partial charge in [0.15, 0.2) is 19.0 Å². The molecule has 2 aromatic rings. The summed E-state index contributed by atoms with van der Waals surface area (Å²) in [5.41, 5.74) is 0.755. The maximum atomic E-state index is 11.9. The number of nitrogens with one attached hydrogen (secondary N) is 1. The maximum absolute atomic E-state index is 11.9. The molecule has 0 aliphatic carbocycles. The highest BCUT2D eigenvalue weighted by Crippen LogP contribution is 2.17. The van der Waals surface area contributed by atoms with E-state index in [0.29, 0.717) is 22.7 Å². The van der Waals surface area contributed by atoms with E-state index >= 15 is 0 Å². The van der Waals surface area contributed by atoms with Gasteiger partial charge < -0.3 is 19.5 Å². The lowest BCUT2D eigenvalue weighted by Gasteiger charge is -2.10. The number of carbonyl (C=O) groups is 3. The van der Waals surface area contributed by atoms with Gasteiger partial charge in [0.1, 0.15) is 11.5 Å². The minimum atomic E-state index is -0.684. The number of ether oxygens (including phenoxy) is 3. The summed E-state index contributed by atoms with van der Waals surface area (Å²) in [4.78, 5) is 35.1. The third-order valence-corrected chi connectivity index (χ3v) is 3.36. The minimum Gasteiger partial charge on any atom is -0.497 e. The second-order valence-electron chi connectivity index (χ2n) is 5.27. The molecule has 0 aliphatic rings. The number of anilines is 1. The van der Waals surface area contributed by atoms with Gasteiger partial charge in [-0.25, -0.2) is 4.79 Å². The van der Waals surface area contributed by atoms with Crippen LogP contribution < -0.4 is 14.8 Å². The molecule has 26 heavy (non-hydrogen) atoms. The Balaban J connectivity index is 1.78. The molecule has 136 valence electrons. The second-order valence-corrected chi connectivity index (χ2v) is 5.27. The molecule has 2 aromatic carbocycles. The monoisotopic (exact) mass is 357 g/mol. The SMILES string of the molecule is COc1ccc(OCC(=O)OCC(=O)Nc2ccccc2C(C)=O)cc1. The zero-order valence-corrected chi connectivity index (χ0v) is 14.5. The molecule has 2 rings (SSSR count). The number of benzene rings is 2. The molecule has 1 amide bonds. The van der Waals surface area contributed by atoms with Crippen molar-refractivity contribution >= 4 is 23.3 Å². The van der Waals surface area contributed by atoms with Gasteiger partial charge in [0.25, 0.3) is 5.91 Å². The summed E-state index contributed by atoms with van der Waals surface area (Å²) >= 11 is 0. The normalized spacial score (nSPS) is 9.92. The van der Waals surface area contributed by atoms with E-state index in [-0.39, 0.29) is 12.4 Å². The van der Waals surface area contributed by atoms with Gasteiger partial charge in [-0.2, -0.15) is 0 Å². The summed E-state index contributed by atoms with van der Waals surface area (Å²) in [6.07, 6.45) is 0. The third kappa shape index (κ3) is 5.62. The first kappa shape index (κ1) is 19.0. The van der Waals surface area contributed by atoms with Crippen molar-refractivity contribution < 1.29 is 28.6 Å². The average Bonchev–Trinajstić information content (AvgIpc) is 2.65. The van der Waals surface area contributed by atoms with E-state index in [9.17, 15) is 14.4 Å². The average molecular weight is 357 g/mol. The molecule has 0 saturated carbocycles. The fourth-order valence-corrected chi connectivity index (χ4v) is 2.09. The fraction of sp³-hybridized carbons (Fsp3) is 0.211. The van der Waals surface area contributed by atoms with Crippen LogP contribution in [0.5, 0.6) is 11.5 Å². The molecule has 7 heteroatoms. The Bertz CT molecular complexity index is 785. The molecule has 0 heterocycles. The number of ketones is 1. The van der Waals surface area contributed by atoms with Crippen molar-refractivity contribution in [2.24, 2.45) is 0 Å². The van der Waals surface area contributed by atoms with E-state index in [2.05, 4.69) is 5.32 Å². The minimum absolute atomic E-state index is 0.175. The van der Waals surface area contributed by atoms with Gasteiger partial charge in [-0.15, -0.1) is 0 Å². The maximum Gasteiger partial charge on any atom is 0.344 e. The first-order chi connectivity index (χ1) is 12.5. The van der Waals surface area contributed by atoms with Gasteiger partial charge in [-0.3, -0.25) is 9.59 Å². The molecule has 0 atom stereocenters. The van der Waals surface area contributed by atoms with Crippen LogP contribution in [0.15, 0.2) is 48.5 Å². The van der Waals surface area contributed by atoms with E-state index in [0.717, 1.165) is 0 Å². The summed E-state index contributed by atoms with van der Waals surface area (Å²) in [6.45, 7) is 0.599. The van der Waals surface area contributed by atoms with Crippen LogP contribution in [0, 0.1) is 0 Å². The van der Waals surface area contributed by atoms with Crippen LogP contribution in [0.25, 0.3) is 0 Å². The van der Waals surface area contributed by atoms with E-state index in [1.807, 2.05) is 0 Å². The first-order valence-corrected chi connectivity index (χ1v) is 7.82. The molecule has 7 nitrogen and oxygen atoms in total. The van der Waals surface area contributed by atoms with Crippen LogP contribution in [-0.2, 0) is 14.3 Å². The summed E-state index contributed by atoms with van der Waals surface area (Å²) in [5, 5.41) is 2.54. The van der Waals surface area contributed by atoms with Crippen molar-refractivity contribution in [3.8, 4) is 11.5 Å². The number of rotatable bonds is 8. The molecule has 0 bridgehead atoms. The molecule has 0 aromatic heterocycles. The number of esters is 1. The Morgan fingerprint density at radius 3 is 2.23 bits per heavy atom. The Labute approximate surface area is 150 Å². The molecular weight excluding hydrogens is 338 g/mol. The number of Topliss-reactive ketones (excluding diaryl/α,β-unsaturated/α-hetero) is 1. The molecule has 0 spiro atoms. The van der Waals surface area contributed by atoms with Gasteiger partial charge >= 0.3 is 5.97 Å². The number of hydrogen-bond donors (Lipinski definition) is 1. The predicted molar refractivity (Wildman–Crippen MR) is 94.5 cm³/mol. The molecular formula is C19H19NO6. The van der Waals surface area contributed by atoms with Crippen LogP contribution >= 0.6 is 0 Å². The summed E-state index contributed by atoms with van der Waals surface area (Å²) in [6, 6.07) is 13.3. The van der Waals surface area contributed by atoms with Gasteiger partial charge in [0.05, 0.1) is 12.8 Å². The number of para-hydroxylation sites is 1. The van der Waals surface area contributed by atoms with Crippen molar-refractivity contribution in [1.82, 2.24) is 0 Å². The van der Waals surface area contributed by atoms with Gasteiger partial charge in [-0.05, 0) is 43.3 Å². The highest BCUT2D eigenvalue weighted by atomic mass is 16.6. The Hall–Kier alpha value is -3.35. The van der Waals surface area contributed by atoms with Crippen LogP contribution in [0.3, 0.4) is 0 Å². The van der Waals surface area contributed by atoms with Crippen LogP contribution in [0.2, 0.25) is 0 Å². The standard InChI is InChI=1S/C19H19NO6/c1-13(21)16-5-3-4-6-17(16)20-18(22)11-26-19(23)12-25-15-9-7-14(24-2)8-10-15/h3-10H,11-12H2,1-2H3,(H,20,22). The fourth-order valence-electron chi connectivity index (χ4n) is 2.09. The first-order valence-electron chi connectivity index (χ1n) is 7.82. The lowest BCUT2D eigenvalue weighted by molar-refractivity contribution is -0.149. The zero-order chi connectivity index (χ0) is 18.9. The third-order valence-electron chi connectivity index (χ3n) is 3.36. The van der Waals surface area contributed by atoms with E-state index in [1.54, 1.807) is 55.6 Å². The van der Waals surface area contributed by atoms with Crippen LogP contribution in [0.4, 0.5) is 5.69 Å². The smallest absolute Gasteiger partial charge is 0.344 e. The highest BCUT2D eigenvalue weighted by molar-refractivity contribution is 6.04. The van der Waals surface area contributed by atoms with Gasteiger partial charge in [-0.1, -0.05) is 12.1 Å². The summed E-state index contributed by atoms with van der Waals surface area (Å²) in [7, 11) is 1.55. The number of amides is 1. The Morgan fingerprint density at radius 1 is 0.923 bits per heavy atom. The van der Waals surface area contributed by atoms with Crippen LogP contribution in [0.1, 0.15) is 17.3 Å². The van der Waals surface area contributed by atoms with Crippen LogP contribution in [-0.4, -0.2) is 38.0 Å². The Morgan fingerprint density at radius 2 is 1.58 bits per heavy atom. The lowest BCUT2D eigenvalue weighted by Crippen LogP contribution is -2.24. The zero-order valence-electron chi connectivity index (χ0n) is 14.5. The quantitative estimate of drug-likeness (QED) is 0.576. The molecule has 0 saturated heterocycles. The topological polar surface area (TPSA) is 90.9 Å². The van der Waals surface area contributed by atoms with Crippen molar-refractivity contribution in [2.45, 2.75) is 6.92 Å². The largest absolute Gasteiger partial charge is 0.497 e. The van der Waals surface area contributed by atoms with Crippen molar-refractivity contribution in [3.63, 3.8) is 0 Å². The lowest BCUT2D eigenvalue weighted by atomic mass is 10.1. The molecule has 0 fully saturated rings. The summed E-state index contributed by atoms with van der Waals surface area (Å²) in [5.74, 6) is -0.261. The molecule has 0 radical (unpaired) electrons.